The van der Waals surface area contributed by atoms with Crippen LogP contribution >= 0.6 is 0 Å². The molecular weight excluding hydrogens is 680 g/mol. The van der Waals surface area contributed by atoms with E-state index in [9.17, 15) is 27.6 Å². The first-order valence-electron chi connectivity index (χ1n) is 16.5. The summed E-state index contributed by atoms with van der Waals surface area (Å²) in [5.74, 6) is -1.50. The van der Waals surface area contributed by atoms with Crippen LogP contribution < -0.4 is 10.6 Å². The number of alkyl carbamates (subject to hydrolysis) is 2. The van der Waals surface area contributed by atoms with Gasteiger partial charge in [0.05, 0.1) is 4.90 Å². The highest BCUT2D eigenvalue weighted by Crippen LogP contribution is 2.15. The molecule has 3 aromatic rings. The average molecular weight is 727 g/mol. The molecule has 0 unspecified atom stereocenters. The lowest BCUT2D eigenvalue weighted by atomic mass is 10.0. The first kappa shape index (κ1) is 40.5. The van der Waals surface area contributed by atoms with Gasteiger partial charge in [0.2, 0.25) is 0 Å². The van der Waals surface area contributed by atoms with Crippen LogP contribution in [0.3, 0.4) is 0 Å². The van der Waals surface area contributed by atoms with Gasteiger partial charge in [0.15, 0.2) is 0 Å². The smallest absolute Gasteiger partial charge is 0.408 e. The summed E-state index contributed by atoms with van der Waals surface area (Å²) in [5, 5.41) is 5.07. The van der Waals surface area contributed by atoms with Gasteiger partial charge in [-0.2, -0.15) is 8.42 Å². The molecule has 2 amide bonds. The second kappa shape index (κ2) is 20.0. The van der Waals surface area contributed by atoms with E-state index in [0.29, 0.717) is 12.8 Å². The third-order valence-electron chi connectivity index (χ3n) is 7.10. The van der Waals surface area contributed by atoms with E-state index in [-0.39, 0.29) is 31.0 Å². The fraction of sp³-hybridized carbons (Fsp3) is 0.405. The molecule has 0 heterocycles. The van der Waals surface area contributed by atoms with E-state index in [1.165, 1.54) is 12.1 Å². The highest BCUT2D eigenvalue weighted by atomic mass is 32.2. The van der Waals surface area contributed by atoms with Crippen molar-refractivity contribution in [3.63, 3.8) is 0 Å². The van der Waals surface area contributed by atoms with Gasteiger partial charge in [-0.3, -0.25) is 4.18 Å². The van der Waals surface area contributed by atoms with Crippen LogP contribution in [0.1, 0.15) is 63.1 Å². The summed E-state index contributed by atoms with van der Waals surface area (Å²) < 4.78 is 51.2. The SMILES string of the molecule is Cc1ccc(S(=O)(=O)OCCOC(=O)[C@H](CCCC[C@H](NC(=O)OCc2ccccc2)C(=O)OCc2ccccc2)NC(=O)OC(C)(C)C)cc1. The largest absolute Gasteiger partial charge is 0.462 e. The maximum absolute atomic E-state index is 13.1. The Morgan fingerprint density at radius 1 is 0.647 bits per heavy atom. The maximum atomic E-state index is 13.1. The molecule has 51 heavy (non-hydrogen) atoms. The molecule has 0 aromatic heterocycles. The summed E-state index contributed by atoms with van der Waals surface area (Å²) in [7, 11) is -4.07. The molecule has 0 aliphatic carbocycles. The minimum Gasteiger partial charge on any atom is -0.462 e. The Morgan fingerprint density at radius 3 is 1.67 bits per heavy atom. The number of ether oxygens (including phenoxy) is 4. The quantitative estimate of drug-likeness (QED) is 0.0709. The Morgan fingerprint density at radius 2 is 1.14 bits per heavy atom. The lowest BCUT2D eigenvalue weighted by Crippen LogP contribution is -2.44. The molecule has 0 bridgehead atoms. The van der Waals surface area contributed by atoms with Crippen LogP contribution in [0.25, 0.3) is 0 Å². The van der Waals surface area contributed by atoms with Crippen molar-refractivity contribution in [2.45, 2.75) is 89.2 Å². The van der Waals surface area contributed by atoms with Gasteiger partial charge >= 0.3 is 24.1 Å². The van der Waals surface area contributed by atoms with Gasteiger partial charge in [-0.1, -0.05) is 91.2 Å². The topological polar surface area (TPSA) is 173 Å². The van der Waals surface area contributed by atoms with Crippen molar-refractivity contribution in [2.75, 3.05) is 13.2 Å². The standard InChI is InChI=1S/C37H46N2O11S/c1-27-19-21-30(22-20-27)51(44,45)49-24-23-46-33(40)31(39-36(43)50-37(2,3)4)17-11-12-18-32(34(41)47-25-28-13-7-5-8-14-28)38-35(42)48-26-29-15-9-6-10-16-29/h5-10,13-16,19-22,31-32H,11-12,17-18,23-26H2,1-4H3,(H,38,42)(H,39,43)/t31-,32-/m0/s1. The van der Waals surface area contributed by atoms with E-state index in [2.05, 4.69) is 10.6 Å². The highest BCUT2D eigenvalue weighted by Gasteiger charge is 2.27. The van der Waals surface area contributed by atoms with Gasteiger partial charge < -0.3 is 29.6 Å². The minimum absolute atomic E-state index is 0.000669. The van der Waals surface area contributed by atoms with E-state index in [4.69, 9.17) is 23.1 Å². The van der Waals surface area contributed by atoms with Crippen molar-refractivity contribution < 1.29 is 50.7 Å². The Balaban J connectivity index is 1.58. The number of aryl methyl sites for hydroxylation is 1. The number of hydrogen-bond donors (Lipinski definition) is 2. The summed E-state index contributed by atoms with van der Waals surface area (Å²) in [4.78, 5) is 51.2. The van der Waals surface area contributed by atoms with E-state index in [0.717, 1.165) is 16.7 Å². The molecule has 0 spiro atoms. The molecule has 0 radical (unpaired) electrons. The molecule has 0 saturated carbocycles. The molecule has 14 heteroatoms. The van der Waals surface area contributed by atoms with Gasteiger partial charge in [-0.25, -0.2) is 19.2 Å². The number of carbonyl (C=O) groups excluding carboxylic acids is 4. The zero-order valence-corrected chi connectivity index (χ0v) is 30.1. The number of rotatable bonds is 18. The number of unbranched alkanes of at least 4 members (excludes halogenated alkanes) is 1. The molecule has 276 valence electrons. The van der Waals surface area contributed by atoms with E-state index in [1.54, 1.807) is 57.2 Å². The molecule has 3 aromatic carbocycles. The number of benzene rings is 3. The Hall–Kier alpha value is -4.95. The molecule has 0 aliphatic rings. The predicted octanol–water partition coefficient (Wildman–Crippen LogP) is 5.74. The molecular formula is C37H46N2O11S. The number of nitrogens with one attached hydrogen (secondary N) is 2. The first-order valence-corrected chi connectivity index (χ1v) is 17.9. The van der Waals surface area contributed by atoms with Crippen molar-refractivity contribution in [3.8, 4) is 0 Å². The molecule has 0 saturated heterocycles. The lowest BCUT2D eigenvalue weighted by Gasteiger charge is -2.23. The fourth-order valence-corrected chi connectivity index (χ4v) is 5.43. The second-order valence-electron chi connectivity index (χ2n) is 12.6. The van der Waals surface area contributed by atoms with Crippen LogP contribution in [0.4, 0.5) is 9.59 Å². The molecule has 0 aliphatic heterocycles. The summed E-state index contributed by atoms with van der Waals surface area (Å²) in [6.45, 7) is 5.98. The number of hydrogen-bond acceptors (Lipinski definition) is 11. The zero-order valence-electron chi connectivity index (χ0n) is 29.3. The summed E-state index contributed by atoms with van der Waals surface area (Å²) in [6.07, 6.45) is -0.829. The number of amides is 2. The van der Waals surface area contributed by atoms with Gasteiger partial charge in [0.1, 0.15) is 44.1 Å². The van der Waals surface area contributed by atoms with Crippen LogP contribution in [0.15, 0.2) is 89.8 Å². The Kier molecular flexibility index (Phi) is 15.9. The number of esters is 2. The van der Waals surface area contributed by atoms with Crippen LogP contribution in [0.5, 0.6) is 0 Å². The predicted molar refractivity (Wildman–Crippen MR) is 187 cm³/mol. The second-order valence-corrected chi connectivity index (χ2v) is 14.2. The summed E-state index contributed by atoms with van der Waals surface area (Å²) in [6, 6.07) is 22.0. The first-order chi connectivity index (χ1) is 24.2. The molecule has 2 atom stereocenters. The van der Waals surface area contributed by atoms with Crippen molar-refractivity contribution in [3.05, 3.63) is 102 Å². The third kappa shape index (κ3) is 15.6. The van der Waals surface area contributed by atoms with Crippen molar-refractivity contribution in [1.82, 2.24) is 10.6 Å². The monoisotopic (exact) mass is 726 g/mol. The van der Waals surface area contributed by atoms with Crippen LogP contribution in [0, 0.1) is 6.92 Å². The van der Waals surface area contributed by atoms with Crippen molar-refractivity contribution >= 4 is 34.2 Å². The van der Waals surface area contributed by atoms with E-state index >= 15 is 0 Å². The average Bonchev–Trinajstić information content (AvgIpc) is 3.09. The normalized spacial score (nSPS) is 12.5. The fourth-order valence-electron chi connectivity index (χ4n) is 4.54. The van der Waals surface area contributed by atoms with Crippen molar-refractivity contribution in [1.29, 1.82) is 0 Å². The maximum Gasteiger partial charge on any atom is 0.408 e. The van der Waals surface area contributed by atoms with E-state index < -0.39 is 65.1 Å². The van der Waals surface area contributed by atoms with Crippen LogP contribution in [-0.4, -0.2) is 63.4 Å². The molecule has 3 rings (SSSR count). The summed E-state index contributed by atoms with van der Waals surface area (Å²) >= 11 is 0. The zero-order chi connectivity index (χ0) is 37.3. The highest BCUT2D eigenvalue weighted by molar-refractivity contribution is 7.86. The van der Waals surface area contributed by atoms with E-state index in [1.807, 2.05) is 43.3 Å². The Bertz CT molecular complexity index is 1660. The molecule has 13 nitrogen and oxygen atoms in total. The molecule has 0 fully saturated rings. The summed E-state index contributed by atoms with van der Waals surface area (Å²) in [5.41, 5.74) is 1.57. The van der Waals surface area contributed by atoms with Gasteiger partial charge in [-0.15, -0.1) is 0 Å². The minimum atomic E-state index is -4.07. The Labute approximate surface area is 299 Å². The van der Waals surface area contributed by atoms with Crippen molar-refractivity contribution in [2.24, 2.45) is 0 Å². The lowest BCUT2D eigenvalue weighted by molar-refractivity contribution is -0.148. The van der Waals surface area contributed by atoms with Gasteiger partial charge in [-0.05, 0) is 63.8 Å². The number of carbonyl (C=O) groups is 4. The van der Waals surface area contributed by atoms with Crippen LogP contribution in [0.2, 0.25) is 0 Å². The van der Waals surface area contributed by atoms with Gasteiger partial charge in [0, 0.05) is 0 Å². The molecule has 2 N–H and O–H groups in total. The van der Waals surface area contributed by atoms with Gasteiger partial charge in [0.25, 0.3) is 10.1 Å². The van der Waals surface area contributed by atoms with Crippen LogP contribution in [-0.2, 0) is 56.1 Å². The third-order valence-corrected chi connectivity index (χ3v) is 8.43.